The summed E-state index contributed by atoms with van der Waals surface area (Å²) in [5.74, 6) is 0.775. The molecule has 56 valence electrons. The van der Waals surface area contributed by atoms with Gasteiger partial charge in [0, 0.05) is 5.41 Å². The van der Waals surface area contributed by atoms with Crippen molar-refractivity contribution in [1.82, 2.24) is 0 Å². The monoisotopic (exact) mass is 138 g/mol. The molecule has 2 atom stereocenters. The molecule has 0 aromatic heterocycles. The number of hydrogen-bond donors (Lipinski definition) is 1. The second kappa shape index (κ2) is 2.09. The van der Waals surface area contributed by atoms with Crippen LogP contribution in [0.2, 0.25) is 0 Å². The fourth-order valence-electron chi connectivity index (χ4n) is 2.47. The molecule has 10 heavy (non-hydrogen) atoms. The molecule has 0 aromatic carbocycles. The van der Waals surface area contributed by atoms with Gasteiger partial charge in [0.1, 0.15) is 0 Å². The van der Waals surface area contributed by atoms with Crippen LogP contribution in [-0.4, -0.2) is 11.7 Å². The zero-order valence-corrected chi connectivity index (χ0v) is 6.21. The van der Waals surface area contributed by atoms with E-state index in [0.717, 1.165) is 5.92 Å². The molecule has 1 saturated carbocycles. The van der Waals surface area contributed by atoms with Crippen LogP contribution in [0.1, 0.15) is 25.7 Å². The quantitative estimate of drug-likeness (QED) is 0.547. The molecule has 0 aromatic rings. The zero-order valence-electron chi connectivity index (χ0n) is 6.21. The topological polar surface area (TPSA) is 20.2 Å². The number of aliphatic hydroxyl groups is 1. The summed E-state index contributed by atoms with van der Waals surface area (Å²) in [5.41, 5.74) is 0.222. The molecule has 0 amide bonds. The molecule has 0 spiro atoms. The van der Waals surface area contributed by atoms with E-state index in [2.05, 4.69) is 12.2 Å². The summed E-state index contributed by atoms with van der Waals surface area (Å²) in [7, 11) is 0. The average molecular weight is 138 g/mol. The zero-order chi connectivity index (χ0) is 7.03. The van der Waals surface area contributed by atoms with Gasteiger partial charge in [-0.15, -0.1) is 0 Å². The van der Waals surface area contributed by atoms with Gasteiger partial charge in [0.2, 0.25) is 0 Å². The lowest BCUT2D eigenvalue weighted by Gasteiger charge is -2.24. The van der Waals surface area contributed by atoms with Gasteiger partial charge in [-0.25, -0.2) is 0 Å². The van der Waals surface area contributed by atoms with Crippen molar-refractivity contribution in [2.45, 2.75) is 25.7 Å². The largest absolute Gasteiger partial charge is 0.395 e. The SMILES string of the molecule is OCC12C=CCC1CCC2. The van der Waals surface area contributed by atoms with Crippen LogP contribution < -0.4 is 0 Å². The number of rotatable bonds is 1. The number of fused-ring (bicyclic) bond motifs is 1. The molecule has 0 aliphatic heterocycles. The Bertz CT molecular complexity index is 162. The first kappa shape index (κ1) is 6.41. The fraction of sp³-hybridized carbons (Fsp3) is 0.778. The molecule has 1 heteroatoms. The molecule has 1 fully saturated rings. The Morgan fingerprint density at radius 1 is 1.60 bits per heavy atom. The molecule has 2 aliphatic carbocycles. The van der Waals surface area contributed by atoms with Crippen LogP contribution in [-0.2, 0) is 0 Å². The maximum atomic E-state index is 9.18. The molecule has 0 saturated heterocycles. The van der Waals surface area contributed by atoms with Crippen molar-refractivity contribution >= 4 is 0 Å². The first-order valence-electron chi connectivity index (χ1n) is 4.16. The Labute approximate surface area is 61.8 Å². The van der Waals surface area contributed by atoms with E-state index in [4.69, 9.17) is 0 Å². The molecular weight excluding hydrogens is 124 g/mol. The third-order valence-corrected chi connectivity index (χ3v) is 3.17. The Morgan fingerprint density at radius 2 is 2.50 bits per heavy atom. The van der Waals surface area contributed by atoms with Crippen molar-refractivity contribution < 1.29 is 5.11 Å². The molecule has 1 N–H and O–H groups in total. The lowest BCUT2D eigenvalue weighted by Crippen LogP contribution is -2.23. The van der Waals surface area contributed by atoms with E-state index in [-0.39, 0.29) is 5.41 Å². The van der Waals surface area contributed by atoms with Crippen molar-refractivity contribution in [3.05, 3.63) is 12.2 Å². The molecule has 0 heterocycles. The predicted octanol–water partition coefficient (Wildman–Crippen LogP) is 1.73. The number of hydrogen-bond acceptors (Lipinski definition) is 1. The number of allylic oxidation sites excluding steroid dienone is 1. The van der Waals surface area contributed by atoms with E-state index in [1.54, 1.807) is 0 Å². The highest BCUT2D eigenvalue weighted by Gasteiger charge is 2.42. The summed E-state index contributed by atoms with van der Waals surface area (Å²) < 4.78 is 0. The fourth-order valence-corrected chi connectivity index (χ4v) is 2.47. The summed E-state index contributed by atoms with van der Waals surface area (Å²) in [6.45, 7) is 0.369. The van der Waals surface area contributed by atoms with Gasteiger partial charge in [0.15, 0.2) is 0 Å². The molecule has 2 aliphatic rings. The molecule has 1 nitrogen and oxygen atoms in total. The van der Waals surface area contributed by atoms with E-state index >= 15 is 0 Å². The van der Waals surface area contributed by atoms with Gasteiger partial charge in [-0.1, -0.05) is 18.6 Å². The van der Waals surface area contributed by atoms with Gasteiger partial charge in [0.05, 0.1) is 6.61 Å². The second-order valence-electron chi connectivity index (χ2n) is 3.62. The molecule has 2 unspecified atom stereocenters. The van der Waals surface area contributed by atoms with Crippen LogP contribution in [0.25, 0.3) is 0 Å². The Balaban J connectivity index is 2.23. The highest BCUT2D eigenvalue weighted by molar-refractivity contribution is 5.13. The van der Waals surface area contributed by atoms with Crippen molar-refractivity contribution in [1.29, 1.82) is 0 Å². The van der Waals surface area contributed by atoms with Crippen LogP contribution in [0.3, 0.4) is 0 Å². The van der Waals surface area contributed by atoms with Gasteiger partial charge < -0.3 is 5.11 Å². The van der Waals surface area contributed by atoms with Crippen molar-refractivity contribution in [2.24, 2.45) is 11.3 Å². The lowest BCUT2D eigenvalue weighted by atomic mass is 9.82. The van der Waals surface area contributed by atoms with Gasteiger partial charge in [-0.05, 0) is 25.2 Å². The lowest BCUT2D eigenvalue weighted by molar-refractivity contribution is 0.141. The van der Waals surface area contributed by atoms with E-state index in [1.807, 2.05) is 0 Å². The maximum Gasteiger partial charge on any atom is 0.0524 e. The summed E-state index contributed by atoms with van der Waals surface area (Å²) in [4.78, 5) is 0. The summed E-state index contributed by atoms with van der Waals surface area (Å²) in [6, 6.07) is 0. The summed E-state index contributed by atoms with van der Waals surface area (Å²) in [6.07, 6.45) is 9.54. The minimum Gasteiger partial charge on any atom is -0.395 e. The predicted molar refractivity (Wildman–Crippen MR) is 40.6 cm³/mol. The van der Waals surface area contributed by atoms with Crippen LogP contribution in [0.5, 0.6) is 0 Å². The first-order valence-corrected chi connectivity index (χ1v) is 4.16. The van der Waals surface area contributed by atoms with E-state index in [9.17, 15) is 5.11 Å². The van der Waals surface area contributed by atoms with Crippen LogP contribution in [0.4, 0.5) is 0 Å². The Kier molecular flexibility index (Phi) is 1.34. The average Bonchev–Trinajstić information content (AvgIpc) is 2.42. The Morgan fingerprint density at radius 3 is 3.20 bits per heavy atom. The first-order chi connectivity index (χ1) is 4.87. The maximum absolute atomic E-state index is 9.18. The highest BCUT2D eigenvalue weighted by atomic mass is 16.3. The Hall–Kier alpha value is -0.300. The van der Waals surface area contributed by atoms with E-state index in [0.29, 0.717) is 6.61 Å². The van der Waals surface area contributed by atoms with E-state index < -0.39 is 0 Å². The van der Waals surface area contributed by atoms with Crippen molar-refractivity contribution in [3.8, 4) is 0 Å². The minimum atomic E-state index is 0.222. The smallest absolute Gasteiger partial charge is 0.0524 e. The van der Waals surface area contributed by atoms with Gasteiger partial charge in [0.25, 0.3) is 0 Å². The minimum absolute atomic E-state index is 0.222. The molecule has 0 radical (unpaired) electrons. The van der Waals surface area contributed by atoms with Gasteiger partial charge in [-0.2, -0.15) is 0 Å². The van der Waals surface area contributed by atoms with Gasteiger partial charge >= 0.3 is 0 Å². The second-order valence-corrected chi connectivity index (χ2v) is 3.62. The van der Waals surface area contributed by atoms with Crippen LogP contribution in [0, 0.1) is 11.3 Å². The molecular formula is C9H14O. The summed E-state index contributed by atoms with van der Waals surface area (Å²) >= 11 is 0. The van der Waals surface area contributed by atoms with E-state index in [1.165, 1.54) is 25.7 Å². The molecule has 2 rings (SSSR count). The van der Waals surface area contributed by atoms with Crippen LogP contribution in [0.15, 0.2) is 12.2 Å². The standard InChI is InChI=1S/C9H14O/c10-7-9-5-1-3-8(9)4-2-6-9/h1,5,8,10H,2-4,6-7H2. The van der Waals surface area contributed by atoms with Crippen molar-refractivity contribution in [3.63, 3.8) is 0 Å². The van der Waals surface area contributed by atoms with Gasteiger partial charge in [-0.3, -0.25) is 0 Å². The summed E-state index contributed by atoms with van der Waals surface area (Å²) in [5, 5.41) is 9.18. The normalized spacial score (nSPS) is 44.3. The highest BCUT2D eigenvalue weighted by Crippen LogP contribution is 2.49. The van der Waals surface area contributed by atoms with Crippen molar-refractivity contribution in [2.75, 3.05) is 6.61 Å². The molecule has 0 bridgehead atoms. The third kappa shape index (κ3) is 0.671. The number of aliphatic hydroxyl groups excluding tert-OH is 1. The van der Waals surface area contributed by atoms with Crippen LogP contribution >= 0.6 is 0 Å². The third-order valence-electron chi connectivity index (χ3n) is 3.17.